The van der Waals surface area contributed by atoms with Crippen LogP contribution < -0.4 is 5.73 Å². The highest BCUT2D eigenvalue weighted by Gasteiger charge is 2.09. The number of guanidine groups is 1. The lowest BCUT2D eigenvalue weighted by atomic mass is 10.2. The van der Waals surface area contributed by atoms with Crippen LogP contribution in [-0.4, -0.2) is 16.1 Å². The van der Waals surface area contributed by atoms with Gasteiger partial charge in [-0.1, -0.05) is 36.4 Å². The van der Waals surface area contributed by atoms with E-state index in [9.17, 15) is 5.11 Å². The largest absolute Gasteiger partial charge is 0.493 e. The molecule has 104 valence electrons. The van der Waals surface area contributed by atoms with Gasteiger partial charge in [0.1, 0.15) is 0 Å². The fraction of sp³-hybridized carbons (Fsp3) is 0. The van der Waals surface area contributed by atoms with E-state index in [2.05, 4.69) is 20.2 Å². The Balaban J connectivity index is 1.91. The molecule has 0 aliphatic carbocycles. The fourth-order valence-corrected chi connectivity index (χ4v) is 1.97. The van der Waals surface area contributed by atoms with Crippen molar-refractivity contribution < 1.29 is 5.11 Å². The number of aromatic amines is 1. The van der Waals surface area contributed by atoms with Crippen molar-refractivity contribution in [2.24, 2.45) is 21.0 Å². The number of H-pyrrole nitrogens is 1. The summed E-state index contributed by atoms with van der Waals surface area (Å²) in [5, 5.41) is 18.4. The Hall–Kier alpha value is -3.15. The SMILES string of the molecule is NC(N=Nc1c(O)[nH]c2ccccc12)=Nc1ccccc1. The summed E-state index contributed by atoms with van der Waals surface area (Å²) in [5.41, 5.74) is 7.53. The van der Waals surface area contributed by atoms with Gasteiger partial charge in [0.2, 0.25) is 11.8 Å². The van der Waals surface area contributed by atoms with Crippen LogP contribution in [0.15, 0.2) is 69.8 Å². The van der Waals surface area contributed by atoms with Gasteiger partial charge in [-0.25, -0.2) is 4.99 Å². The molecule has 0 unspecified atom stereocenters. The fourth-order valence-electron chi connectivity index (χ4n) is 1.97. The molecule has 4 N–H and O–H groups in total. The maximum Gasteiger partial charge on any atom is 0.240 e. The lowest BCUT2D eigenvalue weighted by Crippen LogP contribution is -2.06. The summed E-state index contributed by atoms with van der Waals surface area (Å²) in [6.07, 6.45) is 0. The third kappa shape index (κ3) is 2.74. The van der Waals surface area contributed by atoms with Crippen LogP contribution in [0.25, 0.3) is 10.9 Å². The summed E-state index contributed by atoms with van der Waals surface area (Å²) < 4.78 is 0. The van der Waals surface area contributed by atoms with Crippen LogP contribution in [0.4, 0.5) is 11.4 Å². The Morgan fingerprint density at radius 1 is 1.00 bits per heavy atom. The monoisotopic (exact) mass is 279 g/mol. The number of nitrogens with one attached hydrogen (secondary N) is 1. The number of azo groups is 1. The predicted molar refractivity (Wildman–Crippen MR) is 82.2 cm³/mol. The zero-order chi connectivity index (χ0) is 14.7. The highest BCUT2D eigenvalue weighted by molar-refractivity contribution is 5.94. The Morgan fingerprint density at radius 3 is 2.52 bits per heavy atom. The minimum Gasteiger partial charge on any atom is -0.493 e. The van der Waals surface area contributed by atoms with E-state index in [1.165, 1.54) is 0 Å². The van der Waals surface area contributed by atoms with E-state index in [1.54, 1.807) is 0 Å². The van der Waals surface area contributed by atoms with E-state index in [0.29, 0.717) is 11.4 Å². The summed E-state index contributed by atoms with van der Waals surface area (Å²) in [6.45, 7) is 0. The highest BCUT2D eigenvalue weighted by atomic mass is 16.3. The minimum atomic E-state index is -0.0486. The van der Waals surface area contributed by atoms with Crippen molar-refractivity contribution in [2.45, 2.75) is 0 Å². The first kappa shape index (κ1) is 12.9. The van der Waals surface area contributed by atoms with Crippen molar-refractivity contribution >= 4 is 28.2 Å². The van der Waals surface area contributed by atoms with Crippen LogP contribution in [-0.2, 0) is 0 Å². The third-order valence-electron chi connectivity index (χ3n) is 2.91. The van der Waals surface area contributed by atoms with Crippen LogP contribution in [0.3, 0.4) is 0 Å². The third-order valence-corrected chi connectivity index (χ3v) is 2.91. The first-order valence-electron chi connectivity index (χ1n) is 6.34. The van der Waals surface area contributed by atoms with Gasteiger partial charge in [0.05, 0.1) is 11.2 Å². The number of nitrogens with two attached hydrogens (primary N) is 1. The molecule has 0 aliphatic heterocycles. The van der Waals surface area contributed by atoms with E-state index < -0.39 is 0 Å². The number of nitrogens with zero attached hydrogens (tertiary/aromatic N) is 3. The molecule has 0 saturated heterocycles. The van der Waals surface area contributed by atoms with Crippen molar-refractivity contribution in [1.82, 2.24) is 4.98 Å². The summed E-state index contributed by atoms with van der Waals surface area (Å²) in [6, 6.07) is 16.6. The quantitative estimate of drug-likeness (QED) is 0.379. The number of aliphatic imine (C=N–C) groups is 1. The molecule has 21 heavy (non-hydrogen) atoms. The molecule has 1 aromatic heterocycles. The first-order chi connectivity index (χ1) is 10.2. The summed E-state index contributed by atoms with van der Waals surface area (Å²) in [4.78, 5) is 6.93. The molecule has 3 rings (SSSR count). The van der Waals surface area contributed by atoms with Crippen molar-refractivity contribution in [3.63, 3.8) is 0 Å². The van der Waals surface area contributed by atoms with E-state index in [4.69, 9.17) is 5.73 Å². The Labute approximate surface area is 120 Å². The second kappa shape index (κ2) is 5.46. The van der Waals surface area contributed by atoms with Gasteiger partial charge in [-0.3, -0.25) is 0 Å². The first-order valence-corrected chi connectivity index (χ1v) is 6.34. The van der Waals surface area contributed by atoms with Gasteiger partial charge in [-0.15, -0.1) is 10.2 Å². The molecular weight excluding hydrogens is 266 g/mol. The Bertz CT molecular complexity index is 820. The number of para-hydroxylation sites is 2. The molecule has 6 nitrogen and oxygen atoms in total. The summed E-state index contributed by atoms with van der Waals surface area (Å²) >= 11 is 0. The maximum absolute atomic E-state index is 9.85. The normalized spacial score (nSPS) is 12.3. The van der Waals surface area contributed by atoms with Crippen LogP contribution in [0.5, 0.6) is 5.88 Å². The number of aromatic hydroxyl groups is 1. The van der Waals surface area contributed by atoms with Gasteiger partial charge in [0.15, 0.2) is 5.69 Å². The van der Waals surface area contributed by atoms with Gasteiger partial charge < -0.3 is 15.8 Å². The molecule has 3 aromatic rings. The maximum atomic E-state index is 9.85. The second-order valence-electron chi connectivity index (χ2n) is 4.37. The molecule has 0 atom stereocenters. The Morgan fingerprint density at radius 2 is 1.71 bits per heavy atom. The van der Waals surface area contributed by atoms with Crippen molar-refractivity contribution in [2.75, 3.05) is 0 Å². The molecule has 6 heteroatoms. The summed E-state index contributed by atoms with van der Waals surface area (Å²) in [7, 11) is 0. The number of aromatic nitrogens is 1. The molecule has 0 radical (unpaired) electrons. The minimum absolute atomic E-state index is 0.0193. The van der Waals surface area contributed by atoms with Crippen LogP contribution in [0.1, 0.15) is 0 Å². The van der Waals surface area contributed by atoms with Gasteiger partial charge in [0.25, 0.3) is 0 Å². The molecule has 0 spiro atoms. The molecule has 0 amide bonds. The predicted octanol–water partition coefficient (Wildman–Crippen LogP) is 3.60. The molecule has 1 heterocycles. The molecule has 0 bridgehead atoms. The molecule has 2 aromatic carbocycles. The number of fused-ring (bicyclic) bond motifs is 1. The van der Waals surface area contributed by atoms with Crippen LogP contribution >= 0.6 is 0 Å². The molecule has 0 fully saturated rings. The van der Waals surface area contributed by atoms with Crippen molar-refractivity contribution in [1.29, 1.82) is 0 Å². The molecule has 0 saturated carbocycles. The number of rotatable bonds is 2. The summed E-state index contributed by atoms with van der Waals surface area (Å²) in [5.74, 6) is -0.0293. The number of hydrogen-bond acceptors (Lipinski definition) is 3. The van der Waals surface area contributed by atoms with Crippen molar-refractivity contribution in [3.8, 4) is 5.88 Å². The lowest BCUT2D eigenvalue weighted by Gasteiger charge is -1.94. The smallest absolute Gasteiger partial charge is 0.240 e. The number of hydrogen-bond donors (Lipinski definition) is 3. The molecule has 0 aliphatic rings. The van der Waals surface area contributed by atoms with E-state index >= 15 is 0 Å². The van der Waals surface area contributed by atoms with Crippen LogP contribution in [0.2, 0.25) is 0 Å². The second-order valence-corrected chi connectivity index (χ2v) is 4.37. The standard InChI is InChI=1S/C15H13N5O/c16-15(17-10-6-2-1-3-7-10)20-19-13-11-8-4-5-9-12(11)18-14(13)21/h1-9,18,21H,(H2,16,17). The van der Waals surface area contributed by atoms with Gasteiger partial charge in [-0.2, -0.15) is 0 Å². The zero-order valence-electron chi connectivity index (χ0n) is 11.1. The Kier molecular flexibility index (Phi) is 3.34. The molecular formula is C15H13N5O. The van der Waals surface area contributed by atoms with Gasteiger partial charge >= 0.3 is 0 Å². The van der Waals surface area contributed by atoms with E-state index in [-0.39, 0.29) is 11.8 Å². The average molecular weight is 279 g/mol. The van der Waals surface area contributed by atoms with Gasteiger partial charge in [-0.05, 0) is 18.2 Å². The number of benzene rings is 2. The topological polar surface area (TPSA) is 99.1 Å². The van der Waals surface area contributed by atoms with Gasteiger partial charge in [0, 0.05) is 5.39 Å². The van der Waals surface area contributed by atoms with Crippen LogP contribution in [0, 0.1) is 0 Å². The average Bonchev–Trinajstić information content (AvgIpc) is 2.81. The van der Waals surface area contributed by atoms with Crippen molar-refractivity contribution in [3.05, 3.63) is 54.6 Å². The lowest BCUT2D eigenvalue weighted by molar-refractivity contribution is 0.459. The van der Waals surface area contributed by atoms with E-state index in [1.807, 2.05) is 54.6 Å². The highest BCUT2D eigenvalue weighted by Crippen LogP contribution is 2.35. The van der Waals surface area contributed by atoms with E-state index in [0.717, 1.165) is 10.9 Å². The zero-order valence-corrected chi connectivity index (χ0v) is 11.1.